The number of hydrogen-bond acceptors (Lipinski definition) is 2. The minimum Gasteiger partial charge on any atom is -0.356 e. The molecule has 2 amide bonds. The first kappa shape index (κ1) is 13.2. The summed E-state index contributed by atoms with van der Waals surface area (Å²) in [4.78, 5) is 22.2. The van der Waals surface area contributed by atoms with E-state index in [-0.39, 0.29) is 18.2 Å². The molecule has 0 aliphatic heterocycles. The minimum absolute atomic E-state index is 0.0907. The molecule has 0 saturated heterocycles. The summed E-state index contributed by atoms with van der Waals surface area (Å²) in [6.07, 6.45) is 1.23. The summed E-state index contributed by atoms with van der Waals surface area (Å²) in [5, 5.41) is 5.39. The molecule has 0 bridgehead atoms. The van der Waals surface area contributed by atoms with E-state index in [2.05, 4.69) is 17.6 Å². The lowest BCUT2D eigenvalue weighted by Crippen LogP contribution is -2.25. The molecule has 0 heterocycles. The quantitative estimate of drug-likeness (QED) is 0.815. The van der Waals surface area contributed by atoms with Crippen LogP contribution in [0.15, 0.2) is 24.3 Å². The summed E-state index contributed by atoms with van der Waals surface area (Å²) in [6.45, 7) is 3.87. The standard InChI is InChI=1S/C13H18N2O2/c1-3-11-5-4-6-12(9-11)15-13(17)7-8-14-10(2)16/h4-6,9H,3,7-8H2,1-2H3,(H,14,16)(H,15,17). The molecular formula is C13H18N2O2. The number of carbonyl (C=O) groups is 2. The number of hydrogen-bond donors (Lipinski definition) is 2. The van der Waals surface area contributed by atoms with Crippen LogP contribution >= 0.6 is 0 Å². The molecule has 0 aliphatic rings. The summed E-state index contributed by atoms with van der Waals surface area (Å²) in [5.74, 6) is -0.210. The van der Waals surface area contributed by atoms with Crippen LogP contribution in [-0.4, -0.2) is 18.4 Å². The third-order valence-electron chi connectivity index (χ3n) is 2.34. The van der Waals surface area contributed by atoms with Gasteiger partial charge < -0.3 is 10.6 Å². The third kappa shape index (κ3) is 5.15. The second-order valence-electron chi connectivity index (χ2n) is 3.84. The number of aryl methyl sites for hydroxylation is 1. The predicted octanol–water partition coefficient (Wildman–Crippen LogP) is 1.71. The Hall–Kier alpha value is -1.84. The average molecular weight is 234 g/mol. The lowest BCUT2D eigenvalue weighted by atomic mass is 10.1. The van der Waals surface area contributed by atoms with Gasteiger partial charge in [-0.25, -0.2) is 0 Å². The van der Waals surface area contributed by atoms with E-state index in [0.29, 0.717) is 6.54 Å². The Kier molecular flexibility index (Phi) is 5.20. The van der Waals surface area contributed by atoms with Crippen molar-refractivity contribution in [3.63, 3.8) is 0 Å². The summed E-state index contributed by atoms with van der Waals surface area (Å²) in [7, 11) is 0. The van der Waals surface area contributed by atoms with Crippen molar-refractivity contribution in [1.29, 1.82) is 0 Å². The minimum atomic E-state index is -0.120. The molecule has 0 radical (unpaired) electrons. The first-order chi connectivity index (χ1) is 8.11. The van der Waals surface area contributed by atoms with E-state index in [1.807, 2.05) is 24.3 Å². The zero-order valence-electron chi connectivity index (χ0n) is 10.2. The Bertz CT molecular complexity index is 402. The lowest BCUT2D eigenvalue weighted by molar-refractivity contribution is -0.119. The van der Waals surface area contributed by atoms with Crippen molar-refractivity contribution < 1.29 is 9.59 Å². The molecule has 4 heteroatoms. The molecule has 1 aromatic rings. The highest BCUT2D eigenvalue weighted by atomic mass is 16.2. The Balaban J connectivity index is 2.42. The summed E-state index contributed by atoms with van der Waals surface area (Å²) < 4.78 is 0. The van der Waals surface area contributed by atoms with Crippen molar-refractivity contribution in [2.24, 2.45) is 0 Å². The number of amides is 2. The van der Waals surface area contributed by atoms with Crippen molar-refractivity contribution in [2.75, 3.05) is 11.9 Å². The fourth-order valence-corrected chi connectivity index (χ4v) is 1.44. The van der Waals surface area contributed by atoms with E-state index in [9.17, 15) is 9.59 Å². The first-order valence-corrected chi connectivity index (χ1v) is 5.75. The SMILES string of the molecule is CCc1cccc(NC(=O)CCNC(C)=O)c1. The van der Waals surface area contributed by atoms with Crippen LogP contribution in [0.3, 0.4) is 0 Å². The predicted molar refractivity (Wildman–Crippen MR) is 67.8 cm³/mol. The highest BCUT2D eigenvalue weighted by molar-refractivity contribution is 5.91. The average Bonchev–Trinajstić information content (AvgIpc) is 2.28. The molecule has 1 aromatic carbocycles. The van der Waals surface area contributed by atoms with Crippen LogP contribution in [0.4, 0.5) is 5.69 Å². The fraction of sp³-hybridized carbons (Fsp3) is 0.385. The highest BCUT2D eigenvalue weighted by Gasteiger charge is 2.02. The summed E-state index contributed by atoms with van der Waals surface area (Å²) >= 11 is 0. The smallest absolute Gasteiger partial charge is 0.226 e. The van der Waals surface area contributed by atoms with Crippen LogP contribution in [0.1, 0.15) is 25.8 Å². The molecular weight excluding hydrogens is 216 g/mol. The van der Waals surface area contributed by atoms with E-state index in [0.717, 1.165) is 12.1 Å². The van der Waals surface area contributed by atoms with E-state index < -0.39 is 0 Å². The van der Waals surface area contributed by atoms with Crippen molar-refractivity contribution >= 4 is 17.5 Å². The van der Waals surface area contributed by atoms with Gasteiger partial charge in [-0.15, -0.1) is 0 Å². The van der Waals surface area contributed by atoms with Gasteiger partial charge in [0.15, 0.2) is 0 Å². The molecule has 92 valence electrons. The van der Waals surface area contributed by atoms with E-state index in [1.54, 1.807) is 0 Å². The topological polar surface area (TPSA) is 58.2 Å². The van der Waals surface area contributed by atoms with Gasteiger partial charge in [0.2, 0.25) is 11.8 Å². The van der Waals surface area contributed by atoms with E-state index in [1.165, 1.54) is 12.5 Å². The molecule has 0 unspecified atom stereocenters. The van der Waals surface area contributed by atoms with Gasteiger partial charge in [-0.3, -0.25) is 9.59 Å². The van der Waals surface area contributed by atoms with Gasteiger partial charge in [0, 0.05) is 25.6 Å². The first-order valence-electron chi connectivity index (χ1n) is 5.75. The Labute approximate surface area is 101 Å². The molecule has 0 fully saturated rings. The summed E-state index contributed by atoms with van der Waals surface area (Å²) in [5.41, 5.74) is 1.99. The normalized spacial score (nSPS) is 9.76. The Morgan fingerprint density at radius 3 is 2.71 bits per heavy atom. The number of anilines is 1. The van der Waals surface area contributed by atoms with Crippen molar-refractivity contribution in [2.45, 2.75) is 26.7 Å². The zero-order chi connectivity index (χ0) is 12.7. The van der Waals surface area contributed by atoms with Gasteiger partial charge in [0.05, 0.1) is 0 Å². The second kappa shape index (κ2) is 6.68. The molecule has 0 aliphatic carbocycles. The maximum absolute atomic E-state index is 11.5. The van der Waals surface area contributed by atoms with Gasteiger partial charge in [-0.1, -0.05) is 19.1 Å². The van der Waals surface area contributed by atoms with E-state index >= 15 is 0 Å². The highest BCUT2D eigenvalue weighted by Crippen LogP contribution is 2.11. The molecule has 1 rings (SSSR count). The molecule has 0 atom stereocenters. The van der Waals surface area contributed by atoms with Crippen LogP contribution < -0.4 is 10.6 Å². The molecule has 17 heavy (non-hydrogen) atoms. The summed E-state index contributed by atoms with van der Waals surface area (Å²) in [6, 6.07) is 7.75. The number of nitrogens with one attached hydrogen (secondary N) is 2. The van der Waals surface area contributed by atoms with Crippen LogP contribution in [0, 0.1) is 0 Å². The Morgan fingerprint density at radius 2 is 2.06 bits per heavy atom. The van der Waals surface area contributed by atoms with Gasteiger partial charge in [-0.2, -0.15) is 0 Å². The molecule has 0 saturated carbocycles. The second-order valence-corrected chi connectivity index (χ2v) is 3.84. The van der Waals surface area contributed by atoms with Gasteiger partial charge >= 0.3 is 0 Å². The molecule has 4 nitrogen and oxygen atoms in total. The van der Waals surface area contributed by atoms with Gasteiger partial charge in [0.1, 0.15) is 0 Å². The number of rotatable bonds is 5. The largest absolute Gasteiger partial charge is 0.356 e. The molecule has 0 spiro atoms. The maximum Gasteiger partial charge on any atom is 0.226 e. The molecule has 2 N–H and O–H groups in total. The van der Waals surface area contributed by atoms with Crippen LogP contribution in [0.25, 0.3) is 0 Å². The van der Waals surface area contributed by atoms with Crippen molar-refractivity contribution in [3.8, 4) is 0 Å². The van der Waals surface area contributed by atoms with E-state index in [4.69, 9.17) is 0 Å². The monoisotopic (exact) mass is 234 g/mol. The lowest BCUT2D eigenvalue weighted by Gasteiger charge is -2.06. The van der Waals surface area contributed by atoms with Crippen LogP contribution in [0.5, 0.6) is 0 Å². The Morgan fingerprint density at radius 1 is 1.29 bits per heavy atom. The van der Waals surface area contributed by atoms with Gasteiger partial charge in [-0.05, 0) is 24.1 Å². The van der Waals surface area contributed by atoms with Crippen molar-refractivity contribution in [1.82, 2.24) is 5.32 Å². The number of carbonyl (C=O) groups excluding carboxylic acids is 2. The maximum atomic E-state index is 11.5. The van der Waals surface area contributed by atoms with Crippen molar-refractivity contribution in [3.05, 3.63) is 29.8 Å². The van der Waals surface area contributed by atoms with Crippen LogP contribution in [0.2, 0.25) is 0 Å². The number of benzene rings is 1. The third-order valence-corrected chi connectivity index (χ3v) is 2.34. The zero-order valence-corrected chi connectivity index (χ0v) is 10.2. The molecule has 0 aromatic heterocycles. The van der Waals surface area contributed by atoms with Crippen LogP contribution in [-0.2, 0) is 16.0 Å². The van der Waals surface area contributed by atoms with Gasteiger partial charge in [0.25, 0.3) is 0 Å². The fourth-order valence-electron chi connectivity index (χ4n) is 1.44.